The van der Waals surface area contributed by atoms with Gasteiger partial charge in [0.05, 0.1) is 0 Å². The predicted octanol–water partition coefficient (Wildman–Crippen LogP) is 2.48. The third-order valence-corrected chi connectivity index (χ3v) is 3.32. The van der Waals surface area contributed by atoms with Crippen molar-refractivity contribution in [2.75, 3.05) is 0 Å². The van der Waals surface area contributed by atoms with Gasteiger partial charge in [-0.3, -0.25) is 9.59 Å². The number of carboxylic acids is 1. The number of carbonyl (C=O) groups is 2. The third-order valence-electron chi connectivity index (χ3n) is 3.32. The van der Waals surface area contributed by atoms with Crippen molar-refractivity contribution in [2.24, 2.45) is 0 Å². The number of nitrogens with one attached hydrogen (secondary N) is 2. The number of aromatic amines is 1. The lowest BCUT2D eigenvalue weighted by atomic mass is 10.0. The molecule has 1 aliphatic heterocycles. The summed E-state index contributed by atoms with van der Waals surface area (Å²) in [4.78, 5) is 26.0. The standard InChI is InChI=1S/C17H18N2O3/c1-12-11-19-15(14(12)7-8-16(20)21)10-13-6-4-2-3-5-9-18-17(13)22/h2-6,9-11,19H,7-8H2,1H3,(H,18,22)(H,20,21)/b3-2-,6-4+,9-5+,13-10-. The molecule has 5 heteroatoms. The normalized spacial score (nSPS) is 20.6. The molecule has 0 fully saturated rings. The molecule has 114 valence electrons. The number of aryl methyl sites for hydroxylation is 1. The summed E-state index contributed by atoms with van der Waals surface area (Å²) in [5.74, 6) is -1.05. The van der Waals surface area contributed by atoms with E-state index in [0.717, 1.165) is 16.8 Å². The Morgan fingerprint density at radius 1 is 1.27 bits per heavy atom. The van der Waals surface area contributed by atoms with Crippen LogP contribution in [0.15, 0.2) is 48.4 Å². The van der Waals surface area contributed by atoms with Crippen molar-refractivity contribution in [3.8, 4) is 0 Å². The smallest absolute Gasteiger partial charge is 0.303 e. The number of hydrogen-bond acceptors (Lipinski definition) is 2. The summed E-state index contributed by atoms with van der Waals surface area (Å²) < 4.78 is 0. The average Bonchev–Trinajstić information content (AvgIpc) is 2.86. The van der Waals surface area contributed by atoms with Crippen molar-refractivity contribution in [1.29, 1.82) is 0 Å². The molecular weight excluding hydrogens is 280 g/mol. The van der Waals surface area contributed by atoms with Crippen LogP contribution in [0.2, 0.25) is 0 Å². The number of H-pyrrole nitrogens is 1. The number of carbonyl (C=O) groups excluding carboxylic acids is 1. The Morgan fingerprint density at radius 2 is 2.05 bits per heavy atom. The highest BCUT2D eigenvalue weighted by atomic mass is 16.4. The molecule has 2 rings (SSSR count). The highest BCUT2D eigenvalue weighted by Crippen LogP contribution is 2.19. The maximum Gasteiger partial charge on any atom is 0.303 e. The summed E-state index contributed by atoms with van der Waals surface area (Å²) in [7, 11) is 0. The lowest BCUT2D eigenvalue weighted by Crippen LogP contribution is -2.18. The van der Waals surface area contributed by atoms with E-state index in [1.54, 1.807) is 30.5 Å². The lowest BCUT2D eigenvalue weighted by Gasteiger charge is -2.04. The van der Waals surface area contributed by atoms with E-state index in [0.29, 0.717) is 12.0 Å². The van der Waals surface area contributed by atoms with Crippen LogP contribution >= 0.6 is 0 Å². The quantitative estimate of drug-likeness (QED) is 0.747. The van der Waals surface area contributed by atoms with E-state index in [1.165, 1.54) is 0 Å². The number of aliphatic carboxylic acids is 1. The van der Waals surface area contributed by atoms with Gasteiger partial charge in [0.15, 0.2) is 0 Å². The molecule has 0 atom stereocenters. The fraction of sp³-hybridized carbons (Fsp3) is 0.176. The van der Waals surface area contributed by atoms with Crippen LogP contribution in [0, 0.1) is 6.92 Å². The number of carboxylic acid groups (broad SMARTS) is 1. The summed E-state index contributed by atoms with van der Waals surface area (Å²) in [6, 6.07) is 0. The van der Waals surface area contributed by atoms with Crippen LogP contribution < -0.4 is 5.32 Å². The SMILES string of the molecule is Cc1c[nH]c(/C=C2/C=C/C=C\C=C\NC2=O)c1CCC(=O)O. The Balaban J connectivity index is 2.32. The first-order valence-corrected chi connectivity index (χ1v) is 6.99. The van der Waals surface area contributed by atoms with Gasteiger partial charge in [-0.25, -0.2) is 0 Å². The fourth-order valence-electron chi connectivity index (χ4n) is 2.16. The third kappa shape index (κ3) is 4.09. The topological polar surface area (TPSA) is 82.2 Å². The minimum Gasteiger partial charge on any atom is -0.481 e. The van der Waals surface area contributed by atoms with Crippen molar-refractivity contribution in [3.63, 3.8) is 0 Å². The van der Waals surface area contributed by atoms with Crippen molar-refractivity contribution in [1.82, 2.24) is 10.3 Å². The van der Waals surface area contributed by atoms with Crippen LogP contribution in [0.1, 0.15) is 23.2 Å². The fourth-order valence-corrected chi connectivity index (χ4v) is 2.16. The minimum atomic E-state index is -0.838. The molecule has 22 heavy (non-hydrogen) atoms. The van der Waals surface area contributed by atoms with E-state index in [-0.39, 0.29) is 12.3 Å². The maximum atomic E-state index is 12.1. The molecule has 1 aliphatic rings. The number of amides is 1. The zero-order valence-electron chi connectivity index (χ0n) is 12.3. The summed E-state index contributed by atoms with van der Waals surface area (Å²) in [5.41, 5.74) is 3.16. The van der Waals surface area contributed by atoms with Crippen molar-refractivity contribution < 1.29 is 14.7 Å². The Labute approximate surface area is 128 Å². The van der Waals surface area contributed by atoms with Crippen LogP contribution in [0.5, 0.6) is 0 Å². The zero-order valence-corrected chi connectivity index (χ0v) is 12.3. The molecule has 0 aromatic carbocycles. The second-order valence-corrected chi connectivity index (χ2v) is 4.93. The number of rotatable bonds is 4. The number of allylic oxidation sites excluding steroid dienone is 4. The summed E-state index contributed by atoms with van der Waals surface area (Å²) in [6.45, 7) is 1.92. The van der Waals surface area contributed by atoms with Gasteiger partial charge in [0.2, 0.25) is 0 Å². The highest BCUT2D eigenvalue weighted by molar-refractivity contribution is 6.01. The number of hydrogen-bond donors (Lipinski definition) is 3. The minimum absolute atomic E-state index is 0.0579. The molecule has 1 aromatic rings. The van der Waals surface area contributed by atoms with Gasteiger partial charge < -0.3 is 15.4 Å². The van der Waals surface area contributed by atoms with Crippen LogP contribution in [0.25, 0.3) is 6.08 Å². The summed E-state index contributed by atoms with van der Waals surface area (Å²) >= 11 is 0. The van der Waals surface area contributed by atoms with Gasteiger partial charge in [-0.1, -0.05) is 18.2 Å². The van der Waals surface area contributed by atoms with E-state index < -0.39 is 5.97 Å². The molecular formula is C17H18N2O3. The molecule has 5 nitrogen and oxygen atoms in total. The molecule has 0 saturated carbocycles. The van der Waals surface area contributed by atoms with Gasteiger partial charge in [-0.2, -0.15) is 0 Å². The second-order valence-electron chi connectivity index (χ2n) is 4.93. The van der Waals surface area contributed by atoms with Crippen molar-refractivity contribution >= 4 is 18.0 Å². The molecule has 3 N–H and O–H groups in total. The molecule has 0 radical (unpaired) electrons. The van der Waals surface area contributed by atoms with Gasteiger partial charge >= 0.3 is 5.97 Å². The van der Waals surface area contributed by atoms with E-state index in [2.05, 4.69) is 10.3 Å². The van der Waals surface area contributed by atoms with Gasteiger partial charge in [0.1, 0.15) is 0 Å². The molecule has 0 bridgehead atoms. The molecule has 0 saturated heterocycles. The van der Waals surface area contributed by atoms with Gasteiger partial charge in [0, 0.05) is 30.1 Å². The highest BCUT2D eigenvalue weighted by Gasteiger charge is 2.11. The van der Waals surface area contributed by atoms with Crippen LogP contribution in [0.4, 0.5) is 0 Å². The predicted molar refractivity (Wildman–Crippen MR) is 85.0 cm³/mol. The second kappa shape index (κ2) is 7.26. The van der Waals surface area contributed by atoms with Crippen LogP contribution in [0.3, 0.4) is 0 Å². The Morgan fingerprint density at radius 3 is 2.82 bits per heavy atom. The summed E-state index contributed by atoms with van der Waals surface area (Å²) in [5, 5.41) is 11.5. The first kappa shape index (κ1) is 15.6. The first-order valence-electron chi connectivity index (χ1n) is 6.99. The largest absolute Gasteiger partial charge is 0.481 e. The van der Waals surface area contributed by atoms with Crippen molar-refractivity contribution in [2.45, 2.75) is 19.8 Å². The first-order chi connectivity index (χ1) is 10.6. The van der Waals surface area contributed by atoms with Crippen LogP contribution in [-0.4, -0.2) is 22.0 Å². The van der Waals surface area contributed by atoms with Gasteiger partial charge in [-0.15, -0.1) is 0 Å². The lowest BCUT2D eigenvalue weighted by molar-refractivity contribution is -0.137. The molecule has 0 unspecified atom stereocenters. The van der Waals surface area contributed by atoms with E-state index in [9.17, 15) is 9.59 Å². The Bertz CT molecular complexity index is 691. The van der Waals surface area contributed by atoms with E-state index in [1.807, 2.05) is 25.3 Å². The van der Waals surface area contributed by atoms with Gasteiger partial charge in [-0.05, 0) is 42.7 Å². The maximum absolute atomic E-state index is 12.1. The molecule has 2 heterocycles. The molecule has 1 amide bonds. The Kier molecular flexibility index (Phi) is 5.14. The summed E-state index contributed by atoms with van der Waals surface area (Å²) in [6.07, 6.45) is 14.5. The molecule has 0 aliphatic carbocycles. The Hall–Kier alpha value is -2.82. The molecule has 0 spiro atoms. The molecule has 1 aromatic heterocycles. The number of aromatic nitrogens is 1. The van der Waals surface area contributed by atoms with E-state index >= 15 is 0 Å². The van der Waals surface area contributed by atoms with Crippen LogP contribution in [-0.2, 0) is 16.0 Å². The zero-order chi connectivity index (χ0) is 15.9. The van der Waals surface area contributed by atoms with E-state index in [4.69, 9.17) is 5.11 Å². The average molecular weight is 298 g/mol. The van der Waals surface area contributed by atoms with Gasteiger partial charge in [0.25, 0.3) is 5.91 Å². The monoisotopic (exact) mass is 298 g/mol. The van der Waals surface area contributed by atoms with Crippen molar-refractivity contribution in [3.05, 3.63) is 65.2 Å².